The normalized spacial score (nSPS) is 15.1. The second kappa shape index (κ2) is 7.65. The highest BCUT2D eigenvalue weighted by Gasteiger charge is 2.18. The topological polar surface area (TPSA) is 76.4 Å². The maximum atomic E-state index is 12.1. The van der Waals surface area contributed by atoms with E-state index < -0.39 is 5.91 Å². The fraction of sp³-hybridized carbons (Fsp3) is 0.312. The number of anilines is 1. The molecule has 0 spiro atoms. The molecule has 1 N–H and O–H groups in total. The van der Waals surface area contributed by atoms with Gasteiger partial charge < -0.3 is 15.1 Å². The highest BCUT2D eigenvalue weighted by atomic mass is 35.5. The molecule has 1 heterocycles. The number of nitrogens with zero attached hydrogens (tertiary/aromatic N) is 3. The van der Waals surface area contributed by atoms with Crippen molar-refractivity contribution in [3.8, 4) is 6.07 Å². The molecule has 7 heteroatoms. The minimum Gasteiger partial charge on any atom is -0.373 e. The Morgan fingerprint density at radius 1 is 1.22 bits per heavy atom. The molecule has 1 fully saturated rings. The lowest BCUT2D eigenvalue weighted by Gasteiger charge is -2.33. The number of benzene rings is 1. The Labute approximate surface area is 139 Å². The number of nitriles is 1. The Hall–Kier alpha value is -2.52. The summed E-state index contributed by atoms with van der Waals surface area (Å²) in [5.74, 6) is -0.432. The van der Waals surface area contributed by atoms with Gasteiger partial charge in [-0.3, -0.25) is 9.59 Å². The van der Waals surface area contributed by atoms with Crippen LogP contribution in [0.5, 0.6) is 0 Å². The van der Waals surface area contributed by atoms with Crippen molar-refractivity contribution in [1.29, 1.82) is 5.26 Å². The van der Waals surface area contributed by atoms with Gasteiger partial charge in [-0.15, -0.1) is 0 Å². The number of hydrogen-bond acceptors (Lipinski definition) is 4. The van der Waals surface area contributed by atoms with Crippen LogP contribution < -0.4 is 5.32 Å². The van der Waals surface area contributed by atoms with Crippen LogP contribution in [0.25, 0.3) is 0 Å². The van der Waals surface area contributed by atoms with Crippen LogP contribution in [-0.2, 0) is 9.59 Å². The number of nitrogens with one attached hydrogen (secondary N) is 1. The molecule has 120 valence electrons. The smallest absolute Gasteiger partial charge is 0.267 e. The van der Waals surface area contributed by atoms with E-state index in [-0.39, 0.29) is 11.5 Å². The lowest BCUT2D eigenvalue weighted by molar-refractivity contribution is -0.130. The molecule has 6 nitrogen and oxygen atoms in total. The molecule has 23 heavy (non-hydrogen) atoms. The first kappa shape index (κ1) is 16.8. The molecule has 0 saturated carbocycles. The fourth-order valence-corrected chi connectivity index (χ4v) is 2.34. The van der Waals surface area contributed by atoms with E-state index >= 15 is 0 Å². The van der Waals surface area contributed by atoms with Crippen molar-refractivity contribution in [2.24, 2.45) is 0 Å². The zero-order valence-electron chi connectivity index (χ0n) is 12.8. The second-order valence-corrected chi connectivity index (χ2v) is 5.59. The van der Waals surface area contributed by atoms with E-state index in [0.29, 0.717) is 36.9 Å². The van der Waals surface area contributed by atoms with E-state index in [9.17, 15) is 14.9 Å². The molecule has 0 atom stereocenters. The summed E-state index contributed by atoms with van der Waals surface area (Å²) < 4.78 is 0. The Balaban J connectivity index is 1.99. The minimum absolute atomic E-state index is 0.0243. The lowest BCUT2D eigenvalue weighted by Crippen LogP contribution is -2.46. The molecule has 0 radical (unpaired) electrons. The summed E-state index contributed by atoms with van der Waals surface area (Å²) in [6.45, 7) is 3.90. The summed E-state index contributed by atoms with van der Waals surface area (Å²) in [5, 5.41) is 12.4. The molecular weight excluding hydrogens is 316 g/mol. The molecule has 0 bridgehead atoms. The molecule has 1 saturated heterocycles. The summed E-state index contributed by atoms with van der Waals surface area (Å²) in [6.07, 6.45) is 1.54. The first-order chi connectivity index (χ1) is 11.0. The summed E-state index contributed by atoms with van der Waals surface area (Å²) in [5.41, 5.74) is 0.596. The van der Waals surface area contributed by atoms with Crippen LogP contribution in [0.2, 0.25) is 5.02 Å². The molecule has 1 aliphatic heterocycles. The van der Waals surface area contributed by atoms with Gasteiger partial charge in [0.15, 0.2) is 0 Å². The molecule has 2 amide bonds. The van der Waals surface area contributed by atoms with E-state index in [2.05, 4.69) is 5.32 Å². The third-order valence-corrected chi connectivity index (χ3v) is 3.79. The first-order valence-corrected chi connectivity index (χ1v) is 7.56. The number of hydrogen-bond donors (Lipinski definition) is 1. The number of rotatable bonds is 3. The largest absolute Gasteiger partial charge is 0.373 e. The van der Waals surface area contributed by atoms with Gasteiger partial charge in [-0.1, -0.05) is 11.6 Å². The zero-order chi connectivity index (χ0) is 16.8. The maximum absolute atomic E-state index is 12.1. The van der Waals surface area contributed by atoms with Crippen molar-refractivity contribution in [1.82, 2.24) is 9.80 Å². The van der Waals surface area contributed by atoms with Crippen molar-refractivity contribution < 1.29 is 9.59 Å². The van der Waals surface area contributed by atoms with Gasteiger partial charge in [-0.2, -0.15) is 5.26 Å². The van der Waals surface area contributed by atoms with Crippen LogP contribution in [0.1, 0.15) is 6.92 Å². The van der Waals surface area contributed by atoms with E-state index in [4.69, 9.17) is 11.6 Å². The van der Waals surface area contributed by atoms with Crippen LogP contribution >= 0.6 is 11.6 Å². The highest BCUT2D eigenvalue weighted by molar-refractivity contribution is 6.30. The molecule has 1 aliphatic rings. The van der Waals surface area contributed by atoms with Crippen molar-refractivity contribution in [3.05, 3.63) is 41.1 Å². The van der Waals surface area contributed by atoms with Crippen LogP contribution in [0.3, 0.4) is 0 Å². The van der Waals surface area contributed by atoms with Gasteiger partial charge in [-0.25, -0.2) is 0 Å². The van der Waals surface area contributed by atoms with Gasteiger partial charge in [0.2, 0.25) is 5.91 Å². The average molecular weight is 333 g/mol. The van der Waals surface area contributed by atoms with Gasteiger partial charge in [0.25, 0.3) is 5.91 Å². The standard InChI is InChI=1S/C16H17ClN4O2/c1-12(22)21-8-6-20(7-9-21)11-13(10-18)16(23)19-15-4-2-14(17)3-5-15/h2-5,11H,6-9H2,1H3,(H,19,23)/b13-11-. The highest BCUT2D eigenvalue weighted by Crippen LogP contribution is 2.14. The SMILES string of the molecule is CC(=O)N1CCN(/C=C(/C#N)C(=O)Nc2ccc(Cl)cc2)CC1. The third-order valence-electron chi connectivity index (χ3n) is 3.54. The van der Waals surface area contributed by atoms with Gasteiger partial charge >= 0.3 is 0 Å². The molecule has 0 aliphatic carbocycles. The van der Waals surface area contributed by atoms with Crippen LogP contribution in [0.15, 0.2) is 36.0 Å². The molecule has 0 aromatic heterocycles. The van der Waals surface area contributed by atoms with E-state index in [1.165, 1.54) is 6.92 Å². The molecule has 1 aromatic rings. The average Bonchev–Trinajstić information content (AvgIpc) is 2.55. The molecule has 0 unspecified atom stereocenters. The molecule has 2 rings (SSSR count). The summed E-state index contributed by atoms with van der Waals surface area (Å²) in [7, 11) is 0. The number of amides is 2. The van der Waals surface area contributed by atoms with Crippen molar-refractivity contribution >= 4 is 29.1 Å². The zero-order valence-corrected chi connectivity index (χ0v) is 13.5. The number of carbonyl (C=O) groups is 2. The maximum Gasteiger partial charge on any atom is 0.267 e. The van der Waals surface area contributed by atoms with Gasteiger partial charge in [0.05, 0.1) is 0 Å². The van der Waals surface area contributed by atoms with E-state index in [1.54, 1.807) is 35.4 Å². The van der Waals surface area contributed by atoms with E-state index in [0.717, 1.165) is 0 Å². The Kier molecular flexibility index (Phi) is 5.61. The van der Waals surface area contributed by atoms with Crippen molar-refractivity contribution in [3.63, 3.8) is 0 Å². The lowest BCUT2D eigenvalue weighted by atomic mass is 10.2. The quantitative estimate of drug-likeness (QED) is 0.677. The fourth-order valence-electron chi connectivity index (χ4n) is 2.22. The first-order valence-electron chi connectivity index (χ1n) is 7.18. The van der Waals surface area contributed by atoms with Gasteiger partial charge in [-0.05, 0) is 24.3 Å². The van der Waals surface area contributed by atoms with Gasteiger partial charge in [0, 0.05) is 50.0 Å². The van der Waals surface area contributed by atoms with Crippen molar-refractivity contribution in [2.45, 2.75) is 6.92 Å². The monoisotopic (exact) mass is 332 g/mol. The summed E-state index contributed by atoms with van der Waals surface area (Å²) in [4.78, 5) is 27.0. The Morgan fingerprint density at radius 3 is 2.35 bits per heavy atom. The van der Waals surface area contributed by atoms with Crippen LogP contribution in [0, 0.1) is 11.3 Å². The number of piperazine rings is 1. The Bertz CT molecular complexity index is 656. The summed E-state index contributed by atoms with van der Waals surface area (Å²) in [6, 6.07) is 8.57. The predicted octanol–water partition coefficient (Wildman–Crippen LogP) is 1.85. The Morgan fingerprint density at radius 2 is 1.83 bits per heavy atom. The van der Waals surface area contributed by atoms with Crippen LogP contribution in [0.4, 0.5) is 5.69 Å². The number of carbonyl (C=O) groups excluding carboxylic acids is 2. The second-order valence-electron chi connectivity index (χ2n) is 5.16. The summed E-state index contributed by atoms with van der Waals surface area (Å²) >= 11 is 5.79. The van der Waals surface area contributed by atoms with E-state index in [1.807, 2.05) is 11.0 Å². The minimum atomic E-state index is -0.469. The third kappa shape index (κ3) is 4.73. The van der Waals surface area contributed by atoms with Crippen LogP contribution in [-0.4, -0.2) is 47.8 Å². The molecule has 1 aromatic carbocycles. The predicted molar refractivity (Wildman–Crippen MR) is 87.6 cm³/mol. The number of halogens is 1. The van der Waals surface area contributed by atoms with Gasteiger partial charge in [0.1, 0.15) is 11.6 Å². The molecular formula is C16H17ClN4O2. The van der Waals surface area contributed by atoms with Crippen molar-refractivity contribution in [2.75, 3.05) is 31.5 Å².